The van der Waals surface area contributed by atoms with Gasteiger partial charge >= 0.3 is 0 Å². The quantitative estimate of drug-likeness (QED) is 0.307. The number of aryl methyl sites for hydroxylation is 2. The Kier molecular flexibility index (Phi) is 6.50. The molecule has 174 valence electrons. The molecule has 0 saturated carbocycles. The van der Waals surface area contributed by atoms with E-state index in [-0.39, 0.29) is 11.3 Å². The van der Waals surface area contributed by atoms with E-state index in [4.69, 9.17) is 4.74 Å². The molecule has 1 N–H and O–H groups in total. The lowest BCUT2D eigenvalue weighted by Gasteiger charge is -2.25. The fraction of sp³-hybridized carbons (Fsp3) is 0.250. The van der Waals surface area contributed by atoms with Crippen molar-refractivity contribution in [2.75, 3.05) is 11.5 Å². The van der Waals surface area contributed by atoms with Crippen LogP contribution in [-0.2, 0) is 9.59 Å². The van der Waals surface area contributed by atoms with Crippen LogP contribution in [0.25, 0.3) is 5.76 Å². The van der Waals surface area contributed by atoms with Gasteiger partial charge in [0, 0.05) is 23.6 Å². The van der Waals surface area contributed by atoms with E-state index in [0.717, 1.165) is 16.9 Å². The van der Waals surface area contributed by atoms with Crippen LogP contribution in [0.3, 0.4) is 0 Å². The van der Waals surface area contributed by atoms with Crippen molar-refractivity contribution in [1.29, 1.82) is 0 Å². The van der Waals surface area contributed by atoms with Crippen molar-refractivity contribution >= 4 is 23.1 Å². The van der Waals surface area contributed by atoms with Gasteiger partial charge in [-0.15, -0.1) is 0 Å². The summed E-state index contributed by atoms with van der Waals surface area (Å²) in [7, 11) is 0. The number of aromatic nitrogens is 1. The third kappa shape index (κ3) is 4.44. The summed E-state index contributed by atoms with van der Waals surface area (Å²) in [6, 6.07) is 15.4. The molecule has 0 radical (unpaired) electrons. The maximum absolute atomic E-state index is 13.3. The largest absolute Gasteiger partial charge is 0.507 e. The molecule has 2 heterocycles. The van der Waals surface area contributed by atoms with Gasteiger partial charge in [-0.1, -0.05) is 26.0 Å². The number of hydrogen-bond donors (Lipinski definition) is 1. The van der Waals surface area contributed by atoms with E-state index in [1.807, 2.05) is 32.0 Å². The van der Waals surface area contributed by atoms with Gasteiger partial charge in [0.05, 0.1) is 18.2 Å². The molecule has 34 heavy (non-hydrogen) atoms. The Bertz CT molecular complexity index is 1260. The van der Waals surface area contributed by atoms with Crippen LogP contribution in [0, 0.1) is 19.8 Å². The van der Waals surface area contributed by atoms with Crippen LogP contribution in [-0.4, -0.2) is 28.4 Å². The summed E-state index contributed by atoms with van der Waals surface area (Å²) in [6.45, 7) is 8.53. The van der Waals surface area contributed by atoms with Crippen LogP contribution in [0.4, 0.5) is 5.69 Å². The molecule has 3 aromatic rings. The van der Waals surface area contributed by atoms with E-state index < -0.39 is 17.7 Å². The van der Waals surface area contributed by atoms with Gasteiger partial charge in [0.25, 0.3) is 11.7 Å². The van der Waals surface area contributed by atoms with Gasteiger partial charge in [-0.3, -0.25) is 19.5 Å². The average Bonchev–Trinajstić information content (AvgIpc) is 3.08. The van der Waals surface area contributed by atoms with Gasteiger partial charge in [0.15, 0.2) is 0 Å². The van der Waals surface area contributed by atoms with Crippen molar-refractivity contribution in [1.82, 2.24) is 4.98 Å². The zero-order valence-electron chi connectivity index (χ0n) is 19.8. The highest BCUT2D eigenvalue weighted by atomic mass is 16.5. The number of nitrogens with zero attached hydrogens (tertiary/aromatic N) is 2. The normalized spacial score (nSPS) is 17.4. The second kappa shape index (κ2) is 9.51. The SMILES string of the molecule is Cc1cccc(N2C(=O)C(=O)/C(=C(\O)c3ccc(OCC(C)C)c(C)c3)C2c2ccncc2)c1. The Balaban J connectivity index is 1.84. The minimum Gasteiger partial charge on any atom is -0.507 e. The van der Waals surface area contributed by atoms with E-state index in [2.05, 4.69) is 18.8 Å². The smallest absolute Gasteiger partial charge is 0.300 e. The van der Waals surface area contributed by atoms with Crippen LogP contribution in [0.2, 0.25) is 0 Å². The molecule has 0 bridgehead atoms. The van der Waals surface area contributed by atoms with E-state index in [9.17, 15) is 14.7 Å². The van der Waals surface area contributed by atoms with Gasteiger partial charge in [-0.25, -0.2) is 0 Å². The molecule has 1 aliphatic rings. The third-order valence-corrected chi connectivity index (χ3v) is 5.77. The molecule has 1 unspecified atom stereocenters. The monoisotopic (exact) mass is 456 g/mol. The first kappa shape index (κ1) is 23.2. The number of Topliss-reactive ketones (excluding diaryl/α,β-unsaturated/α-hetero) is 1. The summed E-state index contributed by atoms with van der Waals surface area (Å²) in [4.78, 5) is 32.0. The summed E-state index contributed by atoms with van der Waals surface area (Å²) in [5, 5.41) is 11.3. The number of carbonyl (C=O) groups excluding carboxylic acids is 2. The highest BCUT2D eigenvalue weighted by Crippen LogP contribution is 2.42. The first-order valence-corrected chi connectivity index (χ1v) is 11.3. The Morgan fingerprint density at radius 1 is 1.06 bits per heavy atom. The van der Waals surface area contributed by atoms with Crippen LogP contribution >= 0.6 is 0 Å². The number of aliphatic hydroxyl groups is 1. The third-order valence-electron chi connectivity index (χ3n) is 5.77. The number of hydrogen-bond acceptors (Lipinski definition) is 5. The molecule has 1 aromatic heterocycles. The van der Waals surface area contributed by atoms with E-state index in [1.165, 1.54) is 4.90 Å². The van der Waals surface area contributed by atoms with Gasteiger partial charge in [0.2, 0.25) is 0 Å². The number of benzene rings is 2. The van der Waals surface area contributed by atoms with Crippen molar-refractivity contribution in [3.8, 4) is 5.75 Å². The minimum absolute atomic E-state index is 0.0490. The first-order chi connectivity index (χ1) is 16.3. The minimum atomic E-state index is -0.776. The van der Waals surface area contributed by atoms with Crippen molar-refractivity contribution in [2.45, 2.75) is 33.7 Å². The molecule has 6 heteroatoms. The fourth-order valence-electron chi connectivity index (χ4n) is 4.11. The highest BCUT2D eigenvalue weighted by Gasteiger charge is 2.47. The predicted octanol–water partition coefficient (Wildman–Crippen LogP) is 5.36. The Morgan fingerprint density at radius 2 is 1.79 bits per heavy atom. The molecule has 2 aromatic carbocycles. The van der Waals surface area contributed by atoms with Gasteiger partial charge < -0.3 is 9.84 Å². The molecule has 1 atom stereocenters. The van der Waals surface area contributed by atoms with Gasteiger partial charge in [-0.05, 0) is 78.9 Å². The number of pyridine rings is 1. The number of rotatable bonds is 6. The van der Waals surface area contributed by atoms with Crippen LogP contribution in [0.15, 0.2) is 72.6 Å². The van der Waals surface area contributed by atoms with Crippen molar-refractivity contribution in [3.63, 3.8) is 0 Å². The number of ketones is 1. The number of aliphatic hydroxyl groups excluding tert-OH is 1. The summed E-state index contributed by atoms with van der Waals surface area (Å²) >= 11 is 0. The summed E-state index contributed by atoms with van der Waals surface area (Å²) in [6.07, 6.45) is 3.22. The second-order valence-corrected chi connectivity index (χ2v) is 8.97. The number of ether oxygens (including phenoxy) is 1. The fourth-order valence-corrected chi connectivity index (χ4v) is 4.11. The van der Waals surface area contributed by atoms with E-state index in [0.29, 0.717) is 29.3 Å². The molecule has 1 fully saturated rings. The molecule has 1 saturated heterocycles. The molecule has 4 rings (SSSR count). The van der Waals surface area contributed by atoms with Crippen LogP contribution < -0.4 is 9.64 Å². The first-order valence-electron chi connectivity index (χ1n) is 11.3. The molecule has 1 aliphatic heterocycles. The van der Waals surface area contributed by atoms with Gasteiger partial charge in [0.1, 0.15) is 11.5 Å². The second-order valence-electron chi connectivity index (χ2n) is 8.97. The van der Waals surface area contributed by atoms with Crippen molar-refractivity contribution in [3.05, 3.63) is 94.8 Å². The Labute approximate surface area is 199 Å². The van der Waals surface area contributed by atoms with E-state index >= 15 is 0 Å². The van der Waals surface area contributed by atoms with Crippen LogP contribution in [0.5, 0.6) is 5.75 Å². The number of anilines is 1. The number of carbonyl (C=O) groups is 2. The summed E-state index contributed by atoms with van der Waals surface area (Å²) in [5.41, 5.74) is 3.57. The molecule has 0 spiro atoms. The summed E-state index contributed by atoms with van der Waals surface area (Å²) < 4.78 is 5.84. The van der Waals surface area contributed by atoms with Crippen LogP contribution in [0.1, 0.15) is 42.1 Å². The van der Waals surface area contributed by atoms with Crippen molar-refractivity contribution < 1.29 is 19.4 Å². The van der Waals surface area contributed by atoms with Gasteiger partial charge in [-0.2, -0.15) is 0 Å². The maximum atomic E-state index is 13.3. The molecule has 6 nitrogen and oxygen atoms in total. The molecular formula is C28H28N2O4. The lowest BCUT2D eigenvalue weighted by Crippen LogP contribution is -2.29. The Morgan fingerprint density at radius 3 is 2.44 bits per heavy atom. The Hall–Kier alpha value is -3.93. The zero-order valence-corrected chi connectivity index (χ0v) is 19.8. The average molecular weight is 457 g/mol. The highest BCUT2D eigenvalue weighted by molar-refractivity contribution is 6.51. The van der Waals surface area contributed by atoms with Crippen molar-refractivity contribution in [2.24, 2.45) is 5.92 Å². The lowest BCUT2D eigenvalue weighted by molar-refractivity contribution is -0.132. The topological polar surface area (TPSA) is 79.7 Å². The standard InChI is InChI=1S/C28H28N2O4/c1-17(2)16-34-23-9-8-21(15-19(23)4)26(31)24-25(20-10-12-29-13-11-20)30(28(33)27(24)32)22-7-5-6-18(3)14-22/h5-15,17,25,31H,16H2,1-4H3/b26-24-. The lowest BCUT2D eigenvalue weighted by atomic mass is 9.95. The summed E-state index contributed by atoms with van der Waals surface area (Å²) in [5.74, 6) is -0.517. The van der Waals surface area contributed by atoms with E-state index in [1.54, 1.807) is 48.8 Å². The maximum Gasteiger partial charge on any atom is 0.300 e. The predicted molar refractivity (Wildman–Crippen MR) is 132 cm³/mol. The molecule has 0 aliphatic carbocycles. The molecular weight excluding hydrogens is 428 g/mol. The zero-order chi connectivity index (χ0) is 24.4. The molecule has 1 amide bonds. The number of amides is 1.